The van der Waals surface area contributed by atoms with Crippen LogP contribution < -0.4 is 10.1 Å². The maximum absolute atomic E-state index is 13.6. The van der Waals surface area contributed by atoms with E-state index in [0.29, 0.717) is 0 Å². The van der Waals surface area contributed by atoms with Crippen molar-refractivity contribution in [3.8, 4) is 5.75 Å². The fourth-order valence-corrected chi connectivity index (χ4v) is 1.83. The molecule has 2 aromatic rings. The Morgan fingerprint density at radius 1 is 1.47 bits per heavy atom. The zero-order chi connectivity index (χ0) is 13.7. The van der Waals surface area contributed by atoms with Crippen molar-refractivity contribution in [2.75, 3.05) is 13.7 Å². The third-order valence-electron chi connectivity index (χ3n) is 2.95. The van der Waals surface area contributed by atoms with Gasteiger partial charge in [0.25, 0.3) is 0 Å². The number of nitrogens with one attached hydrogen (secondary N) is 2. The first-order valence-corrected chi connectivity index (χ1v) is 6.11. The molecule has 0 saturated carbocycles. The summed E-state index contributed by atoms with van der Waals surface area (Å²) in [5.74, 6) is 0.752. The van der Waals surface area contributed by atoms with Crippen LogP contribution in [0.5, 0.6) is 5.75 Å². The summed E-state index contributed by atoms with van der Waals surface area (Å²) in [5.41, 5.74) is 0.885. The highest BCUT2D eigenvalue weighted by Crippen LogP contribution is 2.21. The molecule has 2 N–H and O–H groups in total. The van der Waals surface area contributed by atoms with E-state index in [9.17, 15) is 4.39 Å². The van der Waals surface area contributed by atoms with Crippen LogP contribution in [0.15, 0.2) is 24.5 Å². The number of ether oxygens (including phenoxy) is 1. The predicted octanol–water partition coefficient (Wildman–Crippen LogP) is 1.85. The Morgan fingerprint density at radius 2 is 2.32 bits per heavy atom. The SMILES string of the molecule is COc1ccc(C(C)NCCc2ncn[nH]2)cc1F. The number of rotatable bonds is 6. The van der Waals surface area contributed by atoms with Gasteiger partial charge in [-0.1, -0.05) is 6.07 Å². The Bertz CT molecular complexity index is 515. The van der Waals surface area contributed by atoms with Crippen LogP contribution in [0.2, 0.25) is 0 Å². The molecule has 0 aliphatic carbocycles. The number of nitrogens with zero attached hydrogens (tertiary/aromatic N) is 2. The highest BCUT2D eigenvalue weighted by molar-refractivity contribution is 5.30. The Morgan fingerprint density at radius 3 is 2.95 bits per heavy atom. The summed E-state index contributed by atoms with van der Waals surface area (Å²) in [7, 11) is 1.46. The van der Waals surface area contributed by atoms with Crippen LogP contribution in [0.25, 0.3) is 0 Å². The molecule has 1 unspecified atom stereocenters. The Balaban J connectivity index is 1.88. The molecule has 19 heavy (non-hydrogen) atoms. The molecule has 102 valence electrons. The second-order valence-electron chi connectivity index (χ2n) is 4.25. The van der Waals surface area contributed by atoms with Crippen molar-refractivity contribution >= 4 is 0 Å². The standard InChI is InChI=1S/C13H17FN4O/c1-9(15-6-5-13-16-8-17-18-13)10-3-4-12(19-2)11(14)7-10/h3-4,7-9,15H,5-6H2,1-2H3,(H,16,17,18). The molecule has 0 aliphatic heterocycles. The van der Waals surface area contributed by atoms with Crippen molar-refractivity contribution in [1.29, 1.82) is 0 Å². The smallest absolute Gasteiger partial charge is 0.165 e. The number of H-pyrrole nitrogens is 1. The van der Waals surface area contributed by atoms with Crippen molar-refractivity contribution in [2.45, 2.75) is 19.4 Å². The van der Waals surface area contributed by atoms with E-state index in [4.69, 9.17) is 4.74 Å². The molecule has 1 heterocycles. The van der Waals surface area contributed by atoms with Gasteiger partial charge in [0.15, 0.2) is 11.6 Å². The second kappa shape index (κ2) is 6.29. The monoisotopic (exact) mass is 264 g/mol. The number of benzene rings is 1. The summed E-state index contributed by atoms with van der Waals surface area (Å²) in [6.07, 6.45) is 2.24. The molecule has 0 radical (unpaired) electrons. The summed E-state index contributed by atoms with van der Waals surface area (Å²) in [4.78, 5) is 4.04. The number of halogens is 1. The molecule has 0 aliphatic rings. The molecule has 0 fully saturated rings. The maximum Gasteiger partial charge on any atom is 0.165 e. The van der Waals surface area contributed by atoms with Gasteiger partial charge in [-0.25, -0.2) is 9.37 Å². The van der Waals surface area contributed by atoms with E-state index in [2.05, 4.69) is 20.5 Å². The fraction of sp³-hybridized carbons (Fsp3) is 0.385. The molecular weight excluding hydrogens is 247 g/mol. The molecule has 0 bridgehead atoms. The van der Waals surface area contributed by atoms with Crippen molar-refractivity contribution < 1.29 is 9.13 Å². The predicted molar refractivity (Wildman–Crippen MR) is 69.5 cm³/mol. The van der Waals surface area contributed by atoms with Crippen molar-refractivity contribution in [3.05, 3.63) is 41.7 Å². The van der Waals surface area contributed by atoms with E-state index < -0.39 is 0 Å². The van der Waals surface area contributed by atoms with Crippen molar-refractivity contribution in [1.82, 2.24) is 20.5 Å². The van der Waals surface area contributed by atoms with Crippen molar-refractivity contribution in [3.63, 3.8) is 0 Å². The van der Waals surface area contributed by atoms with Gasteiger partial charge in [-0.05, 0) is 24.6 Å². The summed E-state index contributed by atoms with van der Waals surface area (Å²) >= 11 is 0. The lowest BCUT2D eigenvalue weighted by Gasteiger charge is -2.14. The van der Waals surface area contributed by atoms with E-state index in [1.807, 2.05) is 13.0 Å². The first-order chi connectivity index (χ1) is 9.20. The Labute approximate surface area is 111 Å². The number of hydrogen-bond acceptors (Lipinski definition) is 4. The van der Waals surface area contributed by atoms with Gasteiger partial charge in [0.05, 0.1) is 7.11 Å². The molecule has 1 atom stereocenters. The summed E-state index contributed by atoms with van der Waals surface area (Å²) in [6.45, 7) is 2.73. The summed E-state index contributed by atoms with van der Waals surface area (Å²) in [5, 5.41) is 9.89. The quantitative estimate of drug-likeness (QED) is 0.835. The van der Waals surface area contributed by atoms with Gasteiger partial charge in [0.1, 0.15) is 12.2 Å². The maximum atomic E-state index is 13.6. The zero-order valence-electron chi connectivity index (χ0n) is 11.0. The number of aromatic amines is 1. The van der Waals surface area contributed by atoms with Gasteiger partial charge in [0, 0.05) is 19.0 Å². The minimum atomic E-state index is -0.344. The highest BCUT2D eigenvalue weighted by atomic mass is 19.1. The lowest BCUT2D eigenvalue weighted by molar-refractivity contribution is 0.385. The third-order valence-corrected chi connectivity index (χ3v) is 2.95. The lowest BCUT2D eigenvalue weighted by atomic mass is 10.1. The van der Waals surface area contributed by atoms with Crippen LogP contribution in [0.1, 0.15) is 24.4 Å². The van der Waals surface area contributed by atoms with E-state index in [0.717, 1.165) is 24.4 Å². The molecule has 1 aromatic carbocycles. The number of methoxy groups -OCH3 is 1. The second-order valence-corrected chi connectivity index (χ2v) is 4.25. The van der Waals surface area contributed by atoms with E-state index >= 15 is 0 Å². The van der Waals surface area contributed by atoms with Crippen LogP contribution in [0, 0.1) is 5.82 Å². The molecular formula is C13H17FN4O. The molecule has 0 amide bonds. The van der Waals surface area contributed by atoms with Gasteiger partial charge in [-0.15, -0.1) is 0 Å². The van der Waals surface area contributed by atoms with E-state index in [-0.39, 0.29) is 17.6 Å². The molecule has 1 aromatic heterocycles. The molecule has 5 nitrogen and oxygen atoms in total. The number of hydrogen-bond donors (Lipinski definition) is 2. The normalized spacial score (nSPS) is 12.4. The van der Waals surface area contributed by atoms with Crippen LogP contribution >= 0.6 is 0 Å². The molecule has 0 saturated heterocycles. The van der Waals surface area contributed by atoms with Crippen LogP contribution in [0.4, 0.5) is 4.39 Å². The van der Waals surface area contributed by atoms with Gasteiger partial charge in [0.2, 0.25) is 0 Å². The minimum absolute atomic E-state index is 0.0586. The van der Waals surface area contributed by atoms with E-state index in [1.54, 1.807) is 6.07 Å². The zero-order valence-corrected chi connectivity index (χ0v) is 11.0. The van der Waals surface area contributed by atoms with Crippen LogP contribution in [0.3, 0.4) is 0 Å². The largest absolute Gasteiger partial charge is 0.494 e. The molecule has 6 heteroatoms. The fourth-order valence-electron chi connectivity index (χ4n) is 1.83. The first-order valence-electron chi connectivity index (χ1n) is 6.11. The summed E-state index contributed by atoms with van der Waals surface area (Å²) < 4.78 is 18.5. The topological polar surface area (TPSA) is 62.8 Å². The minimum Gasteiger partial charge on any atom is -0.494 e. The lowest BCUT2D eigenvalue weighted by Crippen LogP contribution is -2.21. The third kappa shape index (κ3) is 3.51. The Hall–Kier alpha value is -1.95. The van der Waals surface area contributed by atoms with Gasteiger partial charge in [-0.3, -0.25) is 5.10 Å². The molecule has 0 spiro atoms. The Kier molecular flexibility index (Phi) is 4.46. The van der Waals surface area contributed by atoms with Gasteiger partial charge < -0.3 is 10.1 Å². The average molecular weight is 264 g/mol. The van der Waals surface area contributed by atoms with E-state index in [1.165, 1.54) is 19.5 Å². The highest BCUT2D eigenvalue weighted by Gasteiger charge is 2.09. The number of aromatic nitrogens is 3. The van der Waals surface area contributed by atoms with Gasteiger partial charge >= 0.3 is 0 Å². The summed E-state index contributed by atoms with van der Waals surface area (Å²) in [6, 6.07) is 5.04. The van der Waals surface area contributed by atoms with Gasteiger partial charge in [-0.2, -0.15) is 5.10 Å². The molecule has 2 rings (SSSR count). The van der Waals surface area contributed by atoms with Crippen molar-refractivity contribution in [2.24, 2.45) is 0 Å². The average Bonchev–Trinajstić information content (AvgIpc) is 2.91. The van der Waals surface area contributed by atoms with Crippen LogP contribution in [-0.4, -0.2) is 28.8 Å². The first kappa shape index (κ1) is 13.5. The van der Waals surface area contributed by atoms with Crippen LogP contribution in [-0.2, 0) is 6.42 Å².